The number of halogens is 2. The minimum Gasteiger partial charge on any atom is -0.593 e. The van der Waals surface area contributed by atoms with E-state index in [1.54, 1.807) is 0 Å². The molecule has 0 saturated heterocycles. The molecule has 2 aromatic heterocycles. The number of benzene rings is 4. The average molecular weight is 726 g/mol. The molecular formula is C30H22Br2CuN4O4. The summed E-state index contributed by atoms with van der Waals surface area (Å²) in [7, 11) is 0. The second kappa shape index (κ2) is 13.1. The van der Waals surface area contributed by atoms with E-state index in [4.69, 9.17) is 0 Å². The molecule has 0 saturated carbocycles. The maximum atomic E-state index is 12.2. The van der Waals surface area contributed by atoms with Gasteiger partial charge < -0.3 is 20.8 Å². The molecule has 211 valence electrons. The van der Waals surface area contributed by atoms with Crippen LogP contribution in [0.5, 0.6) is 0 Å². The molecule has 0 unspecified atom stereocenters. The fourth-order valence-electron chi connectivity index (χ4n) is 4.28. The van der Waals surface area contributed by atoms with Crippen LogP contribution in [0, 0.1) is 10.4 Å². The van der Waals surface area contributed by atoms with Crippen LogP contribution in [-0.4, -0.2) is 20.1 Å². The van der Waals surface area contributed by atoms with Crippen LogP contribution in [0.1, 0.15) is 0 Å². The summed E-state index contributed by atoms with van der Waals surface area (Å²) in [6.07, 6.45) is 0. The first kappa shape index (κ1) is 29.9. The van der Waals surface area contributed by atoms with E-state index in [0.29, 0.717) is 51.1 Å². The fraction of sp³-hybridized carbons (Fsp3) is 0. The molecule has 8 nitrogen and oxygen atoms in total. The SMILES string of the molecule is [Cu].[O-][n+]1c(-c2ccccc2)c(Br)c(-c2ccccc2)n1O.[O-][n+]1c(-c2ccccc2)c(Br)c(-c2ccccc2)n1O. The molecule has 0 fully saturated rings. The van der Waals surface area contributed by atoms with E-state index in [9.17, 15) is 20.8 Å². The van der Waals surface area contributed by atoms with Gasteiger partial charge in [-0.1, -0.05) is 97.1 Å². The van der Waals surface area contributed by atoms with Crippen molar-refractivity contribution in [2.24, 2.45) is 0 Å². The van der Waals surface area contributed by atoms with Gasteiger partial charge in [0.15, 0.2) is 11.4 Å². The van der Waals surface area contributed by atoms with Crippen molar-refractivity contribution in [2.45, 2.75) is 0 Å². The topological polar surface area (TPSA) is 104 Å². The smallest absolute Gasteiger partial charge is 0.269 e. The van der Waals surface area contributed by atoms with Crippen LogP contribution < -0.4 is 9.69 Å². The number of rotatable bonds is 4. The molecule has 2 N–H and O–H groups in total. The summed E-state index contributed by atoms with van der Waals surface area (Å²) in [6.45, 7) is 0. The van der Waals surface area contributed by atoms with Crippen molar-refractivity contribution in [3.8, 4) is 45.0 Å². The Morgan fingerprint density at radius 3 is 0.976 bits per heavy atom. The molecule has 6 rings (SSSR count). The van der Waals surface area contributed by atoms with E-state index in [2.05, 4.69) is 31.9 Å². The predicted molar refractivity (Wildman–Crippen MR) is 158 cm³/mol. The Balaban J connectivity index is 0.000000184. The van der Waals surface area contributed by atoms with Crippen molar-refractivity contribution in [3.63, 3.8) is 0 Å². The second-order valence-electron chi connectivity index (χ2n) is 8.61. The second-order valence-corrected chi connectivity index (χ2v) is 10.2. The maximum absolute atomic E-state index is 12.2. The molecule has 6 aromatic rings. The molecule has 0 bridgehead atoms. The van der Waals surface area contributed by atoms with Crippen LogP contribution in [0.4, 0.5) is 0 Å². The van der Waals surface area contributed by atoms with Crippen molar-refractivity contribution >= 4 is 31.9 Å². The van der Waals surface area contributed by atoms with Gasteiger partial charge in [0.25, 0.3) is 11.4 Å². The normalized spacial score (nSPS) is 10.4. The van der Waals surface area contributed by atoms with Crippen molar-refractivity contribution in [1.29, 1.82) is 0 Å². The zero-order valence-corrected chi connectivity index (χ0v) is 25.2. The monoisotopic (exact) mass is 723 g/mol. The molecule has 0 atom stereocenters. The molecule has 1 radical (unpaired) electrons. The summed E-state index contributed by atoms with van der Waals surface area (Å²) < 4.78 is 1.12. The number of hydrogen-bond acceptors (Lipinski definition) is 4. The molecule has 0 amide bonds. The van der Waals surface area contributed by atoms with Crippen LogP contribution in [0.25, 0.3) is 45.0 Å². The molecule has 0 aliphatic carbocycles. The van der Waals surface area contributed by atoms with E-state index in [1.807, 2.05) is 121 Å². The average Bonchev–Trinajstić information content (AvgIpc) is 3.36. The Morgan fingerprint density at radius 1 is 0.463 bits per heavy atom. The van der Waals surface area contributed by atoms with Crippen molar-refractivity contribution in [1.82, 2.24) is 9.69 Å². The van der Waals surface area contributed by atoms with Gasteiger partial charge in [-0.05, 0) is 65.8 Å². The van der Waals surface area contributed by atoms with Gasteiger partial charge in [0.1, 0.15) is 8.95 Å². The molecule has 11 heteroatoms. The van der Waals surface area contributed by atoms with Crippen LogP contribution in [0.2, 0.25) is 0 Å². The van der Waals surface area contributed by atoms with Gasteiger partial charge in [0.05, 0.1) is 11.1 Å². The number of aromatic nitrogens is 4. The van der Waals surface area contributed by atoms with Crippen LogP contribution >= 0.6 is 31.9 Å². The molecule has 0 aliphatic rings. The van der Waals surface area contributed by atoms with E-state index in [-0.39, 0.29) is 17.1 Å². The zero-order valence-electron chi connectivity index (χ0n) is 21.1. The maximum Gasteiger partial charge on any atom is 0.269 e. The molecule has 4 aromatic carbocycles. The standard InChI is InChI=1S/2C15H11BrN2O2.Cu/c2*16-13-14(11-7-3-1-4-8-11)17(19)18(20)15(13)12-9-5-2-6-10-12;/h2*1-10,19H;. The van der Waals surface area contributed by atoms with Crippen molar-refractivity contribution in [3.05, 3.63) is 141 Å². The van der Waals surface area contributed by atoms with Crippen LogP contribution in [0.15, 0.2) is 130 Å². The van der Waals surface area contributed by atoms with Crippen LogP contribution in [0.3, 0.4) is 0 Å². The summed E-state index contributed by atoms with van der Waals surface area (Å²) in [5, 5.41) is 44.5. The van der Waals surface area contributed by atoms with Crippen LogP contribution in [-0.2, 0) is 17.1 Å². The van der Waals surface area contributed by atoms with Gasteiger partial charge in [0.2, 0.25) is 0 Å². The third-order valence-corrected chi connectivity index (χ3v) is 7.65. The molecule has 41 heavy (non-hydrogen) atoms. The van der Waals surface area contributed by atoms with Gasteiger partial charge in [-0.2, -0.15) is 0 Å². The molecule has 2 heterocycles. The van der Waals surface area contributed by atoms with E-state index < -0.39 is 0 Å². The van der Waals surface area contributed by atoms with Crippen molar-refractivity contribution < 1.29 is 37.2 Å². The first-order chi connectivity index (χ1) is 19.4. The first-order valence-corrected chi connectivity index (χ1v) is 13.7. The Labute approximate surface area is 263 Å². The van der Waals surface area contributed by atoms with Gasteiger partial charge in [-0.25, -0.2) is 0 Å². The van der Waals surface area contributed by atoms with Gasteiger partial charge in [-0.3, -0.25) is 0 Å². The molecule has 0 spiro atoms. The van der Waals surface area contributed by atoms with E-state index in [1.165, 1.54) is 0 Å². The third kappa shape index (κ3) is 5.89. The Morgan fingerprint density at radius 2 is 0.707 bits per heavy atom. The summed E-state index contributed by atoms with van der Waals surface area (Å²) >= 11 is 6.85. The summed E-state index contributed by atoms with van der Waals surface area (Å²) in [5.41, 5.74) is 4.61. The van der Waals surface area contributed by atoms with Gasteiger partial charge >= 0.3 is 0 Å². The number of nitrogens with zero attached hydrogens (tertiary/aromatic N) is 4. The van der Waals surface area contributed by atoms with Gasteiger partial charge in [0, 0.05) is 37.9 Å². The Bertz CT molecular complexity index is 1490. The van der Waals surface area contributed by atoms with Crippen molar-refractivity contribution in [2.75, 3.05) is 0 Å². The quantitative estimate of drug-likeness (QED) is 0.0893. The summed E-state index contributed by atoms with van der Waals surface area (Å²) in [6, 6.07) is 36.9. The van der Waals surface area contributed by atoms with E-state index >= 15 is 0 Å². The molecule has 0 aliphatic heterocycles. The van der Waals surface area contributed by atoms with Gasteiger partial charge in [-0.15, -0.1) is 0 Å². The Hall–Kier alpha value is -4.02. The summed E-state index contributed by atoms with van der Waals surface area (Å²) in [5.74, 6) is 0. The third-order valence-electron chi connectivity index (χ3n) is 6.15. The van der Waals surface area contributed by atoms with E-state index in [0.717, 1.165) is 22.3 Å². The number of hydrogen-bond donors (Lipinski definition) is 2. The Kier molecular flexibility index (Phi) is 9.57. The summed E-state index contributed by atoms with van der Waals surface area (Å²) in [4.78, 5) is 2.17. The first-order valence-electron chi connectivity index (χ1n) is 12.1. The fourth-order valence-corrected chi connectivity index (χ4v) is 5.82. The zero-order chi connectivity index (χ0) is 28.2. The minimum absolute atomic E-state index is 0. The minimum atomic E-state index is 0. The largest absolute Gasteiger partial charge is 0.593 e. The molecular weight excluding hydrogens is 704 g/mol. The predicted octanol–water partition coefficient (Wildman–Crippen LogP) is 6.91.